The Morgan fingerprint density at radius 1 is 0.882 bits per heavy atom. The van der Waals surface area contributed by atoms with Gasteiger partial charge in [0.2, 0.25) is 0 Å². The molecule has 0 saturated heterocycles. The van der Waals surface area contributed by atoms with Crippen LogP contribution in [-0.4, -0.2) is 5.11 Å². The molecule has 1 heteroatoms. The highest BCUT2D eigenvalue weighted by Crippen LogP contribution is 2.23. The summed E-state index contributed by atoms with van der Waals surface area (Å²) >= 11 is 0. The average Bonchev–Trinajstić information content (AvgIpc) is 2.29. The van der Waals surface area contributed by atoms with Gasteiger partial charge in [-0.15, -0.1) is 0 Å². The summed E-state index contributed by atoms with van der Waals surface area (Å²) in [5, 5.41) is 9.63. The van der Waals surface area contributed by atoms with Crippen molar-refractivity contribution < 1.29 is 5.11 Å². The van der Waals surface area contributed by atoms with Gasteiger partial charge in [-0.1, -0.05) is 35.9 Å². The molecule has 0 unspecified atom stereocenters. The molecule has 2 rings (SSSR count). The van der Waals surface area contributed by atoms with Crippen LogP contribution in [0.25, 0.3) is 0 Å². The maximum Gasteiger partial charge on any atom is 0.118 e. The maximum absolute atomic E-state index is 9.63. The number of aryl methyl sites for hydroxylation is 3. The molecule has 0 fully saturated rings. The van der Waals surface area contributed by atoms with Crippen LogP contribution in [0.1, 0.15) is 27.8 Å². The molecule has 1 N–H and O–H groups in total. The molecule has 0 spiro atoms. The van der Waals surface area contributed by atoms with E-state index in [0.29, 0.717) is 5.75 Å². The van der Waals surface area contributed by atoms with Gasteiger partial charge >= 0.3 is 0 Å². The van der Waals surface area contributed by atoms with Crippen molar-refractivity contribution in [1.29, 1.82) is 0 Å². The fraction of sp³-hybridized carbons (Fsp3) is 0.250. The molecule has 0 amide bonds. The first kappa shape index (κ1) is 11.7. The first-order chi connectivity index (χ1) is 8.06. The number of benzene rings is 2. The van der Waals surface area contributed by atoms with Crippen LogP contribution in [0, 0.1) is 20.8 Å². The van der Waals surface area contributed by atoms with Crippen molar-refractivity contribution in [2.75, 3.05) is 0 Å². The lowest BCUT2D eigenvalue weighted by Crippen LogP contribution is -1.93. The zero-order valence-corrected chi connectivity index (χ0v) is 10.6. The summed E-state index contributed by atoms with van der Waals surface area (Å²) in [6, 6.07) is 12.5. The van der Waals surface area contributed by atoms with Crippen molar-refractivity contribution in [2.24, 2.45) is 0 Å². The second kappa shape index (κ2) is 4.62. The second-order valence-electron chi connectivity index (χ2n) is 4.73. The van der Waals surface area contributed by atoms with Crippen molar-refractivity contribution in [1.82, 2.24) is 0 Å². The minimum absolute atomic E-state index is 0.384. The van der Waals surface area contributed by atoms with Crippen LogP contribution in [0.2, 0.25) is 0 Å². The fourth-order valence-electron chi connectivity index (χ4n) is 1.98. The second-order valence-corrected chi connectivity index (χ2v) is 4.73. The fourth-order valence-corrected chi connectivity index (χ4v) is 1.98. The Kier molecular flexibility index (Phi) is 3.19. The van der Waals surface area contributed by atoms with Gasteiger partial charge in [0.15, 0.2) is 0 Å². The van der Waals surface area contributed by atoms with E-state index in [1.807, 2.05) is 19.9 Å². The first-order valence-electron chi connectivity index (χ1n) is 5.91. The van der Waals surface area contributed by atoms with E-state index in [-0.39, 0.29) is 0 Å². The number of phenols is 1. The Bertz CT molecular complexity index is 524. The Hall–Kier alpha value is -1.76. The lowest BCUT2D eigenvalue weighted by Gasteiger charge is -2.09. The Morgan fingerprint density at radius 2 is 1.53 bits per heavy atom. The molecule has 0 aliphatic carbocycles. The van der Waals surface area contributed by atoms with E-state index in [1.165, 1.54) is 16.7 Å². The lowest BCUT2D eigenvalue weighted by atomic mass is 9.97. The topological polar surface area (TPSA) is 20.2 Å². The number of hydrogen-bond acceptors (Lipinski definition) is 1. The summed E-state index contributed by atoms with van der Waals surface area (Å²) in [6.45, 7) is 6.08. The molecule has 17 heavy (non-hydrogen) atoms. The van der Waals surface area contributed by atoms with Gasteiger partial charge in [-0.3, -0.25) is 0 Å². The van der Waals surface area contributed by atoms with Crippen molar-refractivity contribution in [3.05, 3.63) is 64.2 Å². The SMILES string of the molecule is Cc1ccc(Cc2cc(C)c(O)cc2C)cc1. The van der Waals surface area contributed by atoms with Gasteiger partial charge in [-0.2, -0.15) is 0 Å². The zero-order chi connectivity index (χ0) is 12.4. The molecular formula is C16H18O. The number of hydrogen-bond donors (Lipinski definition) is 1. The van der Waals surface area contributed by atoms with E-state index in [9.17, 15) is 5.11 Å². The standard InChI is InChI=1S/C16H18O/c1-11-4-6-14(7-5-11)10-15-8-13(3)16(17)9-12(15)2/h4-9,17H,10H2,1-3H3. The monoisotopic (exact) mass is 226 g/mol. The summed E-state index contributed by atoms with van der Waals surface area (Å²) in [5.41, 5.74) is 5.96. The van der Waals surface area contributed by atoms with Crippen LogP contribution in [0.3, 0.4) is 0 Å². The van der Waals surface area contributed by atoms with Gasteiger partial charge < -0.3 is 5.11 Å². The summed E-state index contributed by atoms with van der Waals surface area (Å²) < 4.78 is 0. The number of phenolic OH excluding ortho intramolecular Hbond substituents is 1. The molecular weight excluding hydrogens is 208 g/mol. The molecule has 0 atom stereocenters. The van der Waals surface area contributed by atoms with Crippen LogP contribution in [0.15, 0.2) is 36.4 Å². The van der Waals surface area contributed by atoms with Crippen LogP contribution in [0.4, 0.5) is 0 Å². The average molecular weight is 226 g/mol. The van der Waals surface area contributed by atoms with Gasteiger partial charge in [0.1, 0.15) is 5.75 Å². The smallest absolute Gasteiger partial charge is 0.118 e. The molecule has 88 valence electrons. The Morgan fingerprint density at radius 3 is 2.18 bits per heavy atom. The predicted molar refractivity (Wildman–Crippen MR) is 71.6 cm³/mol. The van der Waals surface area contributed by atoms with Crippen molar-refractivity contribution in [3.63, 3.8) is 0 Å². The Balaban J connectivity index is 2.30. The molecule has 2 aromatic carbocycles. The van der Waals surface area contributed by atoms with Crippen LogP contribution >= 0.6 is 0 Å². The van der Waals surface area contributed by atoms with Crippen molar-refractivity contribution in [2.45, 2.75) is 27.2 Å². The third-order valence-corrected chi connectivity index (χ3v) is 3.17. The minimum atomic E-state index is 0.384. The molecule has 0 heterocycles. The van der Waals surface area contributed by atoms with E-state index in [0.717, 1.165) is 17.5 Å². The third kappa shape index (κ3) is 2.68. The highest BCUT2D eigenvalue weighted by Gasteiger charge is 2.04. The van der Waals surface area contributed by atoms with E-state index in [1.54, 1.807) is 0 Å². The summed E-state index contributed by atoms with van der Waals surface area (Å²) in [7, 11) is 0. The van der Waals surface area contributed by atoms with Gasteiger partial charge in [0.25, 0.3) is 0 Å². The van der Waals surface area contributed by atoms with E-state index in [4.69, 9.17) is 0 Å². The zero-order valence-electron chi connectivity index (χ0n) is 10.6. The lowest BCUT2D eigenvalue weighted by molar-refractivity contribution is 0.470. The summed E-state index contributed by atoms with van der Waals surface area (Å²) in [5.74, 6) is 0.384. The first-order valence-corrected chi connectivity index (χ1v) is 5.91. The molecule has 2 aromatic rings. The van der Waals surface area contributed by atoms with E-state index < -0.39 is 0 Å². The molecule has 0 radical (unpaired) electrons. The van der Waals surface area contributed by atoms with Crippen molar-refractivity contribution >= 4 is 0 Å². The molecule has 1 nitrogen and oxygen atoms in total. The van der Waals surface area contributed by atoms with Crippen LogP contribution < -0.4 is 0 Å². The van der Waals surface area contributed by atoms with Crippen LogP contribution in [0.5, 0.6) is 5.75 Å². The maximum atomic E-state index is 9.63. The third-order valence-electron chi connectivity index (χ3n) is 3.17. The summed E-state index contributed by atoms with van der Waals surface area (Å²) in [6.07, 6.45) is 0.924. The highest BCUT2D eigenvalue weighted by atomic mass is 16.3. The molecule has 0 aliphatic heterocycles. The van der Waals surface area contributed by atoms with Gasteiger partial charge in [-0.25, -0.2) is 0 Å². The summed E-state index contributed by atoms with van der Waals surface area (Å²) in [4.78, 5) is 0. The van der Waals surface area contributed by atoms with Crippen molar-refractivity contribution in [3.8, 4) is 5.75 Å². The quantitative estimate of drug-likeness (QED) is 0.823. The predicted octanol–water partition coefficient (Wildman–Crippen LogP) is 3.91. The molecule has 0 aliphatic rings. The molecule has 0 aromatic heterocycles. The molecule has 0 bridgehead atoms. The Labute approximate surface area is 103 Å². The highest BCUT2D eigenvalue weighted by molar-refractivity contribution is 5.42. The van der Waals surface area contributed by atoms with E-state index >= 15 is 0 Å². The van der Waals surface area contributed by atoms with Gasteiger partial charge in [0.05, 0.1) is 0 Å². The number of rotatable bonds is 2. The van der Waals surface area contributed by atoms with Gasteiger partial charge in [0, 0.05) is 0 Å². The van der Waals surface area contributed by atoms with Crippen LogP contribution in [-0.2, 0) is 6.42 Å². The normalized spacial score (nSPS) is 10.5. The van der Waals surface area contributed by atoms with E-state index in [2.05, 4.69) is 37.3 Å². The minimum Gasteiger partial charge on any atom is -0.508 e. The largest absolute Gasteiger partial charge is 0.508 e. The number of aromatic hydroxyl groups is 1. The molecule has 0 saturated carbocycles. The van der Waals surface area contributed by atoms with Gasteiger partial charge in [-0.05, 0) is 55.5 Å².